The number of carbonyl (C=O) groups is 1. The van der Waals surface area contributed by atoms with Crippen molar-refractivity contribution in [3.63, 3.8) is 0 Å². The van der Waals surface area contributed by atoms with Crippen LogP contribution in [0.2, 0.25) is 0 Å². The first kappa shape index (κ1) is 17.6. The summed E-state index contributed by atoms with van der Waals surface area (Å²) in [4.78, 5) is 15.0. The summed E-state index contributed by atoms with van der Waals surface area (Å²) in [6.07, 6.45) is 6.56. The first-order chi connectivity index (χ1) is 13.3. The maximum atomic E-state index is 12.5. The van der Waals surface area contributed by atoms with E-state index >= 15 is 0 Å². The van der Waals surface area contributed by atoms with Gasteiger partial charge in [0.05, 0.1) is 0 Å². The van der Waals surface area contributed by atoms with Crippen molar-refractivity contribution in [3.8, 4) is 5.69 Å². The molecular formula is C23H25N3O. The molecule has 0 saturated carbocycles. The Morgan fingerprint density at radius 1 is 0.852 bits per heavy atom. The zero-order chi connectivity index (χ0) is 18.5. The van der Waals surface area contributed by atoms with Crippen LogP contribution in [0.25, 0.3) is 5.69 Å². The molecule has 0 unspecified atom stereocenters. The Morgan fingerprint density at radius 3 is 2.22 bits per heavy atom. The Balaban J connectivity index is 1.39. The second-order valence-corrected chi connectivity index (χ2v) is 7.07. The molecule has 2 aromatic carbocycles. The molecule has 1 aliphatic rings. The minimum absolute atomic E-state index is 0.0370. The van der Waals surface area contributed by atoms with E-state index in [0.717, 1.165) is 12.2 Å². The second-order valence-electron chi connectivity index (χ2n) is 7.07. The Bertz CT molecular complexity index is 878. The highest BCUT2D eigenvalue weighted by Gasteiger charge is 2.14. The van der Waals surface area contributed by atoms with E-state index in [0.29, 0.717) is 12.1 Å². The SMILES string of the molecule is O=C(NCc1ccccc1CN1CCCC1)c1ccc(-n2cccc2)cc1. The average Bonchev–Trinajstić information content (AvgIpc) is 3.41. The van der Waals surface area contributed by atoms with Crippen molar-refractivity contribution in [3.05, 3.63) is 89.7 Å². The summed E-state index contributed by atoms with van der Waals surface area (Å²) in [6, 6.07) is 20.1. The van der Waals surface area contributed by atoms with Crippen LogP contribution in [0.5, 0.6) is 0 Å². The number of nitrogens with zero attached hydrogens (tertiary/aromatic N) is 2. The monoisotopic (exact) mass is 359 g/mol. The molecule has 1 aliphatic heterocycles. The molecule has 138 valence electrons. The molecule has 3 aromatic rings. The minimum atomic E-state index is -0.0370. The van der Waals surface area contributed by atoms with Crippen LogP contribution in [0.4, 0.5) is 0 Å². The molecule has 27 heavy (non-hydrogen) atoms. The molecule has 0 radical (unpaired) electrons. The molecule has 0 atom stereocenters. The summed E-state index contributed by atoms with van der Waals surface area (Å²) in [5.74, 6) is -0.0370. The maximum Gasteiger partial charge on any atom is 0.251 e. The predicted octanol–water partition coefficient (Wildman–Crippen LogP) is 4.00. The normalized spacial score (nSPS) is 14.4. The number of nitrogens with one attached hydrogen (secondary N) is 1. The van der Waals surface area contributed by atoms with Gasteiger partial charge in [-0.2, -0.15) is 0 Å². The van der Waals surface area contributed by atoms with Gasteiger partial charge in [-0.15, -0.1) is 0 Å². The van der Waals surface area contributed by atoms with Gasteiger partial charge in [-0.25, -0.2) is 0 Å². The third-order valence-electron chi connectivity index (χ3n) is 5.18. The van der Waals surface area contributed by atoms with E-state index in [9.17, 15) is 4.79 Å². The minimum Gasteiger partial charge on any atom is -0.348 e. The lowest BCUT2D eigenvalue weighted by Crippen LogP contribution is -2.25. The number of hydrogen-bond acceptors (Lipinski definition) is 2. The molecule has 1 fully saturated rings. The van der Waals surface area contributed by atoms with Gasteiger partial charge in [0.1, 0.15) is 0 Å². The Hall–Kier alpha value is -2.85. The van der Waals surface area contributed by atoms with E-state index in [-0.39, 0.29) is 5.91 Å². The van der Waals surface area contributed by atoms with E-state index in [1.807, 2.05) is 59.4 Å². The fraction of sp³-hybridized carbons (Fsp3) is 0.261. The molecule has 1 N–H and O–H groups in total. The molecule has 1 saturated heterocycles. The average molecular weight is 359 g/mol. The van der Waals surface area contributed by atoms with Gasteiger partial charge in [0, 0.05) is 36.7 Å². The van der Waals surface area contributed by atoms with E-state index in [1.54, 1.807) is 0 Å². The number of rotatable bonds is 6. The zero-order valence-electron chi connectivity index (χ0n) is 15.5. The zero-order valence-corrected chi connectivity index (χ0v) is 15.5. The maximum absolute atomic E-state index is 12.5. The van der Waals surface area contributed by atoms with Crippen LogP contribution < -0.4 is 5.32 Å². The van der Waals surface area contributed by atoms with Crippen LogP contribution in [-0.2, 0) is 13.1 Å². The molecule has 0 aliphatic carbocycles. The topological polar surface area (TPSA) is 37.3 Å². The first-order valence-electron chi connectivity index (χ1n) is 9.60. The standard InChI is InChI=1S/C23H25N3O/c27-23(19-9-11-22(12-10-19)26-15-5-6-16-26)24-17-20-7-1-2-8-21(20)18-25-13-3-4-14-25/h1-2,5-12,15-16H,3-4,13-14,17-18H2,(H,24,27). The molecule has 1 aromatic heterocycles. The Morgan fingerprint density at radius 2 is 1.52 bits per heavy atom. The van der Waals surface area contributed by atoms with Crippen LogP contribution in [0.3, 0.4) is 0 Å². The fourth-order valence-corrected chi connectivity index (χ4v) is 3.63. The van der Waals surface area contributed by atoms with Crippen LogP contribution in [0.1, 0.15) is 34.3 Å². The van der Waals surface area contributed by atoms with Gasteiger partial charge < -0.3 is 9.88 Å². The molecule has 4 heteroatoms. The summed E-state index contributed by atoms with van der Waals surface area (Å²) >= 11 is 0. The highest BCUT2D eigenvalue weighted by molar-refractivity contribution is 5.94. The summed E-state index contributed by atoms with van der Waals surface area (Å²) in [5, 5.41) is 3.07. The van der Waals surface area contributed by atoms with Gasteiger partial charge in [-0.3, -0.25) is 9.69 Å². The van der Waals surface area contributed by atoms with Crippen LogP contribution in [0.15, 0.2) is 73.1 Å². The van der Waals surface area contributed by atoms with Crippen molar-refractivity contribution in [2.24, 2.45) is 0 Å². The number of hydrogen-bond donors (Lipinski definition) is 1. The molecule has 0 spiro atoms. The quantitative estimate of drug-likeness (QED) is 0.722. The summed E-state index contributed by atoms with van der Waals surface area (Å²) in [7, 11) is 0. The highest BCUT2D eigenvalue weighted by atomic mass is 16.1. The number of amides is 1. The lowest BCUT2D eigenvalue weighted by molar-refractivity contribution is 0.0951. The predicted molar refractivity (Wildman–Crippen MR) is 108 cm³/mol. The summed E-state index contributed by atoms with van der Waals surface area (Å²) in [5.41, 5.74) is 4.24. The fourth-order valence-electron chi connectivity index (χ4n) is 3.63. The van der Waals surface area contributed by atoms with Crippen molar-refractivity contribution >= 4 is 5.91 Å². The molecule has 2 heterocycles. The number of aromatic nitrogens is 1. The van der Waals surface area contributed by atoms with Gasteiger partial charge in [0.25, 0.3) is 5.91 Å². The molecule has 1 amide bonds. The van der Waals surface area contributed by atoms with E-state index in [4.69, 9.17) is 0 Å². The van der Waals surface area contributed by atoms with Gasteiger partial charge in [0.15, 0.2) is 0 Å². The smallest absolute Gasteiger partial charge is 0.251 e. The van der Waals surface area contributed by atoms with Gasteiger partial charge in [0.2, 0.25) is 0 Å². The van der Waals surface area contributed by atoms with Crippen molar-refractivity contribution in [2.75, 3.05) is 13.1 Å². The molecule has 0 bridgehead atoms. The van der Waals surface area contributed by atoms with Crippen molar-refractivity contribution < 1.29 is 4.79 Å². The molecular weight excluding hydrogens is 334 g/mol. The van der Waals surface area contributed by atoms with Crippen LogP contribution >= 0.6 is 0 Å². The van der Waals surface area contributed by atoms with E-state index in [2.05, 4.69) is 28.4 Å². The Kier molecular flexibility index (Phi) is 5.35. The van der Waals surface area contributed by atoms with Gasteiger partial charge >= 0.3 is 0 Å². The van der Waals surface area contributed by atoms with E-state index < -0.39 is 0 Å². The highest BCUT2D eigenvalue weighted by Crippen LogP contribution is 2.16. The van der Waals surface area contributed by atoms with Crippen LogP contribution in [0, 0.1) is 0 Å². The van der Waals surface area contributed by atoms with Crippen LogP contribution in [-0.4, -0.2) is 28.5 Å². The van der Waals surface area contributed by atoms with Gasteiger partial charge in [-0.05, 0) is 73.5 Å². The number of likely N-dealkylation sites (tertiary alicyclic amines) is 1. The van der Waals surface area contributed by atoms with Crippen molar-refractivity contribution in [2.45, 2.75) is 25.9 Å². The second kappa shape index (κ2) is 8.23. The number of benzene rings is 2. The van der Waals surface area contributed by atoms with E-state index in [1.165, 1.54) is 37.1 Å². The van der Waals surface area contributed by atoms with Crippen molar-refractivity contribution in [1.29, 1.82) is 0 Å². The summed E-state index contributed by atoms with van der Waals surface area (Å²) < 4.78 is 2.02. The Labute approximate surface area is 160 Å². The number of carbonyl (C=O) groups excluding carboxylic acids is 1. The lowest BCUT2D eigenvalue weighted by atomic mass is 10.1. The van der Waals surface area contributed by atoms with Crippen molar-refractivity contribution in [1.82, 2.24) is 14.8 Å². The van der Waals surface area contributed by atoms with Gasteiger partial charge in [-0.1, -0.05) is 24.3 Å². The third kappa shape index (κ3) is 4.29. The third-order valence-corrected chi connectivity index (χ3v) is 5.18. The summed E-state index contributed by atoms with van der Waals surface area (Å²) in [6.45, 7) is 3.88. The lowest BCUT2D eigenvalue weighted by Gasteiger charge is -2.17. The molecule has 4 rings (SSSR count). The molecule has 4 nitrogen and oxygen atoms in total. The first-order valence-corrected chi connectivity index (χ1v) is 9.60. The largest absolute Gasteiger partial charge is 0.348 e.